The highest BCUT2D eigenvalue weighted by Crippen LogP contribution is 2.60. The van der Waals surface area contributed by atoms with Gasteiger partial charge in [0.2, 0.25) is 0 Å². The third kappa shape index (κ3) is 2.91. The molecule has 130 valence electrons. The molecule has 2 fully saturated rings. The summed E-state index contributed by atoms with van der Waals surface area (Å²) in [6, 6.07) is 8.77. The van der Waals surface area contributed by atoms with Gasteiger partial charge in [0.25, 0.3) is 0 Å². The fourth-order valence-electron chi connectivity index (χ4n) is 4.57. The van der Waals surface area contributed by atoms with Crippen LogP contribution >= 0.6 is 0 Å². The minimum atomic E-state index is -0.0308. The Morgan fingerprint density at radius 1 is 1.38 bits per heavy atom. The van der Waals surface area contributed by atoms with Crippen LogP contribution < -0.4 is 5.32 Å². The molecule has 1 saturated carbocycles. The standard InChI is InChI=1S/C19H26N2O3/c1-12-9-21(10-14(24-12)11-23-2)19(22)20-8-17-16-7-13-5-3-4-6-15(13)18(16)17/h3-6,12,14,16-18H,7-11H2,1-2H3,(H,20,22). The minimum Gasteiger partial charge on any atom is -0.382 e. The van der Waals surface area contributed by atoms with E-state index >= 15 is 0 Å². The van der Waals surface area contributed by atoms with E-state index in [0.717, 1.165) is 12.5 Å². The first-order chi connectivity index (χ1) is 11.7. The zero-order chi connectivity index (χ0) is 16.7. The Morgan fingerprint density at radius 3 is 3.04 bits per heavy atom. The number of benzene rings is 1. The van der Waals surface area contributed by atoms with Crippen molar-refractivity contribution in [3.8, 4) is 0 Å². The van der Waals surface area contributed by atoms with Crippen molar-refractivity contribution in [2.45, 2.75) is 31.5 Å². The largest absolute Gasteiger partial charge is 0.382 e. The van der Waals surface area contributed by atoms with Crippen molar-refractivity contribution in [2.75, 3.05) is 33.4 Å². The topological polar surface area (TPSA) is 50.8 Å². The first-order valence-corrected chi connectivity index (χ1v) is 8.92. The van der Waals surface area contributed by atoms with Crippen molar-refractivity contribution in [3.63, 3.8) is 0 Å². The monoisotopic (exact) mass is 330 g/mol. The van der Waals surface area contributed by atoms with Gasteiger partial charge < -0.3 is 19.7 Å². The van der Waals surface area contributed by atoms with Gasteiger partial charge in [-0.25, -0.2) is 4.79 Å². The average Bonchev–Trinajstić information content (AvgIpc) is 3.10. The Morgan fingerprint density at radius 2 is 2.21 bits per heavy atom. The Bertz CT molecular complexity index is 620. The van der Waals surface area contributed by atoms with Gasteiger partial charge in [0.05, 0.1) is 25.4 Å². The van der Waals surface area contributed by atoms with E-state index in [0.29, 0.717) is 31.5 Å². The fourth-order valence-corrected chi connectivity index (χ4v) is 4.57. The number of carbonyl (C=O) groups is 1. The van der Waals surface area contributed by atoms with Crippen LogP contribution in [0.25, 0.3) is 0 Å². The molecule has 0 radical (unpaired) electrons. The summed E-state index contributed by atoms with van der Waals surface area (Å²) in [5.41, 5.74) is 3.00. The van der Waals surface area contributed by atoms with E-state index in [-0.39, 0.29) is 18.2 Å². The van der Waals surface area contributed by atoms with Gasteiger partial charge in [-0.15, -0.1) is 0 Å². The smallest absolute Gasteiger partial charge is 0.317 e. The zero-order valence-electron chi connectivity index (χ0n) is 14.4. The molecule has 0 spiro atoms. The lowest BCUT2D eigenvalue weighted by atomic mass is 10.0. The molecular formula is C19H26N2O3. The van der Waals surface area contributed by atoms with E-state index in [1.54, 1.807) is 7.11 Å². The number of hydrogen-bond acceptors (Lipinski definition) is 3. The Labute approximate surface area is 143 Å². The van der Waals surface area contributed by atoms with Crippen LogP contribution in [0.3, 0.4) is 0 Å². The first-order valence-electron chi connectivity index (χ1n) is 8.92. The van der Waals surface area contributed by atoms with E-state index in [1.807, 2.05) is 11.8 Å². The van der Waals surface area contributed by atoms with Crippen molar-refractivity contribution in [2.24, 2.45) is 11.8 Å². The SMILES string of the molecule is COCC1CN(C(=O)NCC2C3Cc4ccccc4C23)CC(C)O1. The third-order valence-corrected chi connectivity index (χ3v) is 5.66. The van der Waals surface area contributed by atoms with Gasteiger partial charge >= 0.3 is 6.03 Å². The summed E-state index contributed by atoms with van der Waals surface area (Å²) in [5, 5.41) is 3.15. The molecule has 4 rings (SSSR count). The highest BCUT2D eigenvalue weighted by Gasteiger charge is 2.55. The highest BCUT2D eigenvalue weighted by atomic mass is 16.5. The first kappa shape index (κ1) is 15.9. The van der Waals surface area contributed by atoms with Crippen LogP contribution in [0.5, 0.6) is 0 Å². The average molecular weight is 330 g/mol. The molecule has 1 N–H and O–H groups in total. The molecule has 1 saturated heterocycles. The predicted octanol–water partition coefficient (Wildman–Crippen LogP) is 2.02. The maximum Gasteiger partial charge on any atom is 0.317 e. The normalized spacial score (nSPS) is 33.8. The number of fused-ring (bicyclic) bond motifs is 3. The molecule has 5 nitrogen and oxygen atoms in total. The van der Waals surface area contributed by atoms with Crippen molar-refractivity contribution in [1.29, 1.82) is 0 Å². The van der Waals surface area contributed by atoms with E-state index in [4.69, 9.17) is 9.47 Å². The fraction of sp³-hybridized carbons (Fsp3) is 0.632. The number of amides is 2. The molecule has 5 atom stereocenters. The van der Waals surface area contributed by atoms with E-state index in [1.165, 1.54) is 17.5 Å². The summed E-state index contributed by atoms with van der Waals surface area (Å²) in [6.45, 7) is 4.56. The predicted molar refractivity (Wildman–Crippen MR) is 91.0 cm³/mol. The molecule has 2 aliphatic carbocycles. The summed E-state index contributed by atoms with van der Waals surface area (Å²) < 4.78 is 11.0. The van der Waals surface area contributed by atoms with Crippen molar-refractivity contribution < 1.29 is 14.3 Å². The van der Waals surface area contributed by atoms with Gasteiger partial charge in [0.15, 0.2) is 0 Å². The lowest BCUT2D eigenvalue weighted by Crippen LogP contribution is -2.53. The second-order valence-corrected chi connectivity index (χ2v) is 7.37. The number of rotatable bonds is 4. The van der Waals surface area contributed by atoms with Crippen molar-refractivity contribution in [1.82, 2.24) is 10.2 Å². The highest BCUT2D eigenvalue weighted by molar-refractivity contribution is 5.74. The number of morpholine rings is 1. The molecule has 0 bridgehead atoms. The Balaban J connectivity index is 1.29. The van der Waals surface area contributed by atoms with Gasteiger partial charge in [-0.3, -0.25) is 0 Å². The van der Waals surface area contributed by atoms with E-state index in [2.05, 4.69) is 29.6 Å². The van der Waals surface area contributed by atoms with E-state index in [9.17, 15) is 4.79 Å². The molecule has 1 aromatic carbocycles. The van der Waals surface area contributed by atoms with Crippen LogP contribution in [-0.2, 0) is 15.9 Å². The number of methoxy groups -OCH3 is 1. The quantitative estimate of drug-likeness (QED) is 0.919. The van der Waals surface area contributed by atoms with Gasteiger partial charge in [0.1, 0.15) is 0 Å². The second-order valence-electron chi connectivity index (χ2n) is 7.37. The van der Waals surface area contributed by atoms with Crippen LogP contribution in [-0.4, -0.2) is 56.5 Å². The van der Waals surface area contributed by atoms with Crippen LogP contribution in [0.4, 0.5) is 4.79 Å². The third-order valence-electron chi connectivity index (χ3n) is 5.66. The van der Waals surface area contributed by atoms with Crippen molar-refractivity contribution in [3.05, 3.63) is 35.4 Å². The lowest BCUT2D eigenvalue weighted by Gasteiger charge is -2.36. The number of nitrogens with zero attached hydrogens (tertiary/aromatic N) is 1. The summed E-state index contributed by atoms with van der Waals surface area (Å²) >= 11 is 0. The zero-order valence-corrected chi connectivity index (χ0v) is 14.4. The second kappa shape index (κ2) is 6.37. The maximum absolute atomic E-state index is 12.5. The van der Waals surface area contributed by atoms with Crippen molar-refractivity contribution >= 4 is 6.03 Å². The number of nitrogens with one attached hydrogen (secondary N) is 1. The molecule has 5 heteroatoms. The minimum absolute atomic E-state index is 0.0308. The number of urea groups is 1. The molecule has 3 aliphatic rings. The molecule has 2 amide bonds. The van der Waals surface area contributed by atoms with E-state index < -0.39 is 0 Å². The molecule has 24 heavy (non-hydrogen) atoms. The summed E-state index contributed by atoms with van der Waals surface area (Å²) in [5.74, 6) is 2.00. The maximum atomic E-state index is 12.5. The van der Waals surface area contributed by atoms with Crippen LogP contribution in [0.15, 0.2) is 24.3 Å². The van der Waals surface area contributed by atoms with Crippen LogP contribution in [0.2, 0.25) is 0 Å². The van der Waals surface area contributed by atoms with Gasteiger partial charge in [-0.05, 0) is 42.2 Å². The van der Waals surface area contributed by atoms with Crippen LogP contribution in [0, 0.1) is 11.8 Å². The Hall–Kier alpha value is -1.59. The summed E-state index contributed by atoms with van der Waals surface area (Å²) in [6.07, 6.45) is 1.19. The molecule has 1 aromatic rings. The van der Waals surface area contributed by atoms with Crippen LogP contribution in [0.1, 0.15) is 24.0 Å². The number of carbonyl (C=O) groups excluding carboxylic acids is 1. The Kier molecular flexibility index (Phi) is 4.22. The summed E-state index contributed by atoms with van der Waals surface area (Å²) in [7, 11) is 1.66. The molecule has 5 unspecified atom stereocenters. The van der Waals surface area contributed by atoms with Gasteiger partial charge in [-0.2, -0.15) is 0 Å². The van der Waals surface area contributed by atoms with Gasteiger partial charge in [0, 0.05) is 20.2 Å². The molecule has 1 aliphatic heterocycles. The molecular weight excluding hydrogens is 304 g/mol. The number of ether oxygens (including phenoxy) is 2. The molecule has 0 aromatic heterocycles. The number of hydrogen-bond donors (Lipinski definition) is 1. The molecule has 1 heterocycles. The lowest BCUT2D eigenvalue weighted by molar-refractivity contribution is -0.0896. The summed E-state index contributed by atoms with van der Waals surface area (Å²) in [4.78, 5) is 14.4. The van der Waals surface area contributed by atoms with Gasteiger partial charge in [-0.1, -0.05) is 24.3 Å².